The topological polar surface area (TPSA) is 45.6 Å². The molecule has 5 rings (SSSR count). The number of thiocarbonyl (C=S) groups is 1. The minimum Gasteiger partial charge on any atom is -0.379 e. The average molecular weight is 462 g/mol. The van der Waals surface area contributed by atoms with Gasteiger partial charge in [0, 0.05) is 50.0 Å². The molecule has 172 valence electrons. The SMILES string of the molecule is Cc1ccc(-n2cccc2[C@@H]2[C@H](c3ccccn3)NC(=S)N2CCCN2CCOCC2)cc1. The zero-order valence-corrected chi connectivity index (χ0v) is 19.9. The summed E-state index contributed by atoms with van der Waals surface area (Å²) in [5.41, 5.74) is 4.64. The van der Waals surface area contributed by atoms with E-state index in [0.29, 0.717) is 0 Å². The second kappa shape index (κ2) is 10.0. The summed E-state index contributed by atoms with van der Waals surface area (Å²) in [5.74, 6) is 0. The molecule has 33 heavy (non-hydrogen) atoms. The molecule has 0 amide bonds. The van der Waals surface area contributed by atoms with Crippen molar-refractivity contribution in [3.63, 3.8) is 0 Å². The fourth-order valence-corrected chi connectivity index (χ4v) is 5.16. The smallest absolute Gasteiger partial charge is 0.170 e. The normalized spacial score (nSPS) is 21.4. The molecule has 0 radical (unpaired) electrons. The van der Waals surface area contributed by atoms with Gasteiger partial charge >= 0.3 is 0 Å². The summed E-state index contributed by atoms with van der Waals surface area (Å²) in [7, 11) is 0. The molecule has 0 spiro atoms. The number of nitrogens with zero attached hydrogens (tertiary/aromatic N) is 4. The molecule has 6 nitrogen and oxygen atoms in total. The fraction of sp³-hybridized carbons (Fsp3) is 0.385. The maximum atomic E-state index is 5.86. The van der Waals surface area contributed by atoms with Crippen LogP contribution in [0.1, 0.15) is 35.5 Å². The van der Waals surface area contributed by atoms with Crippen molar-refractivity contribution < 1.29 is 4.74 Å². The van der Waals surface area contributed by atoms with Crippen molar-refractivity contribution in [2.24, 2.45) is 0 Å². The minimum atomic E-state index is 0.00110. The van der Waals surface area contributed by atoms with Gasteiger partial charge in [0.05, 0.1) is 31.0 Å². The third kappa shape index (κ3) is 4.81. The maximum absolute atomic E-state index is 5.86. The summed E-state index contributed by atoms with van der Waals surface area (Å²) in [6, 6.07) is 19.2. The molecule has 2 aliphatic rings. The Morgan fingerprint density at radius 2 is 1.85 bits per heavy atom. The molecule has 7 heteroatoms. The molecule has 0 unspecified atom stereocenters. The first-order chi connectivity index (χ1) is 16.2. The van der Waals surface area contributed by atoms with E-state index >= 15 is 0 Å². The van der Waals surface area contributed by atoms with Gasteiger partial charge in [0.2, 0.25) is 0 Å². The minimum absolute atomic E-state index is 0.00110. The molecular weight excluding hydrogens is 430 g/mol. The van der Waals surface area contributed by atoms with Crippen molar-refractivity contribution in [3.05, 3.63) is 83.9 Å². The third-order valence-corrected chi connectivity index (χ3v) is 6.92. The van der Waals surface area contributed by atoms with E-state index in [-0.39, 0.29) is 12.1 Å². The molecule has 2 saturated heterocycles. The first-order valence-electron chi connectivity index (χ1n) is 11.7. The summed E-state index contributed by atoms with van der Waals surface area (Å²) in [6.45, 7) is 7.76. The molecular formula is C26H31N5OS. The Morgan fingerprint density at radius 3 is 2.61 bits per heavy atom. The van der Waals surface area contributed by atoms with Gasteiger partial charge in [-0.1, -0.05) is 23.8 Å². The van der Waals surface area contributed by atoms with Crippen molar-refractivity contribution in [3.8, 4) is 5.69 Å². The summed E-state index contributed by atoms with van der Waals surface area (Å²) < 4.78 is 7.78. The first kappa shape index (κ1) is 22.1. The summed E-state index contributed by atoms with van der Waals surface area (Å²) in [4.78, 5) is 9.52. The molecule has 2 aromatic heterocycles. The van der Waals surface area contributed by atoms with E-state index in [0.717, 1.165) is 62.3 Å². The van der Waals surface area contributed by atoms with E-state index < -0.39 is 0 Å². The van der Waals surface area contributed by atoms with E-state index in [1.54, 1.807) is 0 Å². The van der Waals surface area contributed by atoms with Crippen molar-refractivity contribution in [2.45, 2.75) is 25.4 Å². The number of aromatic nitrogens is 2. The van der Waals surface area contributed by atoms with Crippen LogP contribution in [0.2, 0.25) is 0 Å². The van der Waals surface area contributed by atoms with Gasteiger partial charge in [-0.3, -0.25) is 9.88 Å². The molecule has 2 fully saturated rings. The van der Waals surface area contributed by atoms with Gasteiger partial charge in [-0.15, -0.1) is 0 Å². The highest BCUT2D eigenvalue weighted by atomic mass is 32.1. The fourth-order valence-electron chi connectivity index (χ4n) is 4.83. The van der Waals surface area contributed by atoms with Gasteiger partial charge in [0.15, 0.2) is 5.11 Å². The third-order valence-electron chi connectivity index (χ3n) is 6.57. The largest absolute Gasteiger partial charge is 0.379 e. The molecule has 0 saturated carbocycles. The van der Waals surface area contributed by atoms with Gasteiger partial charge < -0.3 is 19.5 Å². The quantitative estimate of drug-likeness (QED) is 0.539. The Labute approximate surface area is 201 Å². The van der Waals surface area contributed by atoms with E-state index in [9.17, 15) is 0 Å². The predicted molar refractivity (Wildman–Crippen MR) is 135 cm³/mol. The molecule has 2 aliphatic heterocycles. The molecule has 1 aromatic carbocycles. The number of hydrogen-bond acceptors (Lipinski definition) is 4. The lowest BCUT2D eigenvalue weighted by atomic mass is 10.0. The van der Waals surface area contributed by atoms with Crippen molar-refractivity contribution in [2.75, 3.05) is 39.4 Å². The van der Waals surface area contributed by atoms with Crippen LogP contribution < -0.4 is 5.32 Å². The van der Waals surface area contributed by atoms with Gasteiger partial charge in [0.25, 0.3) is 0 Å². The first-order valence-corrected chi connectivity index (χ1v) is 12.1. The second-order valence-corrected chi connectivity index (χ2v) is 9.15. The Kier molecular flexibility index (Phi) is 6.71. The highest BCUT2D eigenvalue weighted by molar-refractivity contribution is 7.80. The number of hydrogen-bond donors (Lipinski definition) is 1. The van der Waals surface area contributed by atoms with Crippen molar-refractivity contribution in [1.82, 2.24) is 24.7 Å². The van der Waals surface area contributed by atoms with Crippen LogP contribution in [0, 0.1) is 6.92 Å². The number of ether oxygens (including phenoxy) is 1. The highest BCUT2D eigenvalue weighted by Crippen LogP contribution is 2.39. The molecule has 1 N–H and O–H groups in total. The average Bonchev–Trinajstić information content (AvgIpc) is 3.45. The van der Waals surface area contributed by atoms with Crippen LogP contribution in [0.4, 0.5) is 0 Å². The second-order valence-electron chi connectivity index (χ2n) is 8.77. The van der Waals surface area contributed by atoms with E-state index in [4.69, 9.17) is 17.0 Å². The number of pyridine rings is 1. The summed E-state index contributed by atoms with van der Waals surface area (Å²) >= 11 is 5.86. The van der Waals surface area contributed by atoms with Crippen LogP contribution in [-0.4, -0.2) is 63.9 Å². The van der Waals surface area contributed by atoms with Gasteiger partial charge in [-0.05, 0) is 62.0 Å². The standard InChI is InChI=1S/C26H31N5OS/c1-20-8-10-21(11-9-20)30-14-4-7-23(30)25-24(22-6-2-3-12-27-22)28-26(33)31(25)15-5-13-29-16-18-32-19-17-29/h2-4,6-12,14,24-25H,5,13,15-19H2,1H3,(H,28,33)/t24-,25+/m0/s1. The zero-order valence-electron chi connectivity index (χ0n) is 19.1. The molecule has 0 bridgehead atoms. The Bertz CT molecular complexity index is 1060. The zero-order chi connectivity index (χ0) is 22.6. The summed E-state index contributed by atoms with van der Waals surface area (Å²) in [6.07, 6.45) is 5.05. The lowest BCUT2D eigenvalue weighted by molar-refractivity contribution is 0.0365. The number of aryl methyl sites for hydroxylation is 1. The molecule has 4 heterocycles. The van der Waals surface area contributed by atoms with Crippen molar-refractivity contribution in [1.29, 1.82) is 0 Å². The number of morpholine rings is 1. The van der Waals surface area contributed by atoms with Crippen LogP contribution >= 0.6 is 12.2 Å². The number of nitrogens with one attached hydrogen (secondary N) is 1. The van der Waals surface area contributed by atoms with Crippen LogP contribution in [0.5, 0.6) is 0 Å². The number of rotatable bonds is 7. The Balaban J connectivity index is 1.44. The predicted octanol–water partition coefficient (Wildman–Crippen LogP) is 3.88. The van der Waals surface area contributed by atoms with Crippen LogP contribution in [0.25, 0.3) is 5.69 Å². The van der Waals surface area contributed by atoms with Crippen LogP contribution in [0.3, 0.4) is 0 Å². The highest BCUT2D eigenvalue weighted by Gasteiger charge is 2.41. The molecule has 2 atom stereocenters. The van der Waals surface area contributed by atoms with E-state index in [1.807, 2.05) is 18.3 Å². The van der Waals surface area contributed by atoms with Crippen molar-refractivity contribution >= 4 is 17.3 Å². The molecule has 0 aliphatic carbocycles. The van der Waals surface area contributed by atoms with E-state index in [1.165, 1.54) is 11.3 Å². The monoisotopic (exact) mass is 461 g/mol. The maximum Gasteiger partial charge on any atom is 0.170 e. The van der Waals surface area contributed by atoms with Gasteiger partial charge in [-0.25, -0.2) is 0 Å². The van der Waals surface area contributed by atoms with E-state index in [2.05, 4.69) is 80.3 Å². The number of benzene rings is 1. The lowest BCUT2D eigenvalue weighted by Crippen LogP contribution is -2.39. The van der Waals surface area contributed by atoms with Gasteiger partial charge in [0.1, 0.15) is 0 Å². The van der Waals surface area contributed by atoms with Gasteiger partial charge in [-0.2, -0.15) is 0 Å². The Morgan fingerprint density at radius 1 is 1.03 bits per heavy atom. The summed E-state index contributed by atoms with van der Waals surface area (Å²) in [5, 5.41) is 4.38. The lowest BCUT2D eigenvalue weighted by Gasteiger charge is -2.31. The molecule has 3 aromatic rings. The Hall–Kier alpha value is -2.74. The van der Waals surface area contributed by atoms with Crippen LogP contribution in [0.15, 0.2) is 67.0 Å². The van der Waals surface area contributed by atoms with Crippen LogP contribution in [-0.2, 0) is 4.74 Å².